The number of likely N-dealkylation sites (tertiary alicyclic amines) is 1. The van der Waals surface area contributed by atoms with Gasteiger partial charge in [0.15, 0.2) is 0 Å². The van der Waals surface area contributed by atoms with Crippen molar-refractivity contribution in [2.24, 2.45) is 11.8 Å². The second kappa shape index (κ2) is 7.80. The lowest BCUT2D eigenvalue weighted by Crippen LogP contribution is -2.45. The Balaban J connectivity index is 1.57. The number of aryl methyl sites for hydroxylation is 2. The lowest BCUT2D eigenvalue weighted by Gasteiger charge is -2.36. The summed E-state index contributed by atoms with van der Waals surface area (Å²) in [5.41, 5.74) is 3.08. The minimum absolute atomic E-state index is 0.000555. The highest BCUT2D eigenvalue weighted by Crippen LogP contribution is 2.30. The molecule has 1 saturated carbocycles. The van der Waals surface area contributed by atoms with E-state index < -0.39 is 0 Å². The maximum absolute atomic E-state index is 13.0. The van der Waals surface area contributed by atoms with Crippen molar-refractivity contribution in [2.75, 3.05) is 20.1 Å². The van der Waals surface area contributed by atoms with Gasteiger partial charge in [0.05, 0.1) is 11.7 Å². The van der Waals surface area contributed by atoms with Crippen molar-refractivity contribution in [3.05, 3.63) is 17.0 Å². The van der Waals surface area contributed by atoms with Crippen LogP contribution in [0.4, 0.5) is 0 Å². The average Bonchev–Trinajstić information content (AvgIpc) is 3.29. The Morgan fingerprint density at radius 1 is 1.12 bits per heavy atom. The first kappa shape index (κ1) is 18.9. The monoisotopic (exact) mass is 360 g/mol. The molecular formula is C20H32N4O2. The number of carbonyl (C=O) groups excluding carboxylic acids is 2. The van der Waals surface area contributed by atoms with Gasteiger partial charge in [0, 0.05) is 43.2 Å². The molecule has 2 aliphatic rings. The molecule has 1 aromatic heterocycles. The zero-order chi connectivity index (χ0) is 18.8. The number of amides is 2. The normalized spacial score (nSPS) is 20.4. The number of aromatic nitrogens is 2. The number of hydrogen-bond acceptors (Lipinski definition) is 3. The summed E-state index contributed by atoms with van der Waals surface area (Å²) < 4.78 is 0. The molecule has 1 N–H and O–H groups in total. The molecule has 0 bridgehead atoms. The van der Waals surface area contributed by atoms with Crippen LogP contribution >= 0.6 is 0 Å². The van der Waals surface area contributed by atoms with E-state index >= 15 is 0 Å². The Bertz CT molecular complexity index is 635. The molecule has 2 heterocycles. The summed E-state index contributed by atoms with van der Waals surface area (Å²) >= 11 is 0. The van der Waals surface area contributed by atoms with Gasteiger partial charge < -0.3 is 9.80 Å². The second-order valence-corrected chi connectivity index (χ2v) is 8.05. The van der Waals surface area contributed by atoms with Crippen molar-refractivity contribution in [3.63, 3.8) is 0 Å². The first-order chi connectivity index (χ1) is 12.4. The van der Waals surface area contributed by atoms with Gasteiger partial charge >= 0.3 is 0 Å². The predicted octanol–water partition coefficient (Wildman–Crippen LogP) is 2.97. The second-order valence-electron chi connectivity index (χ2n) is 8.05. The molecule has 2 amide bonds. The van der Waals surface area contributed by atoms with E-state index in [1.54, 1.807) is 0 Å². The zero-order valence-corrected chi connectivity index (χ0v) is 16.5. The summed E-state index contributed by atoms with van der Waals surface area (Å²) in [7, 11) is 1.88. The summed E-state index contributed by atoms with van der Waals surface area (Å²) in [6.45, 7) is 7.47. The Hall–Kier alpha value is -1.85. The fourth-order valence-corrected chi connectivity index (χ4v) is 4.63. The molecule has 0 aromatic carbocycles. The fraction of sp³-hybridized carbons (Fsp3) is 0.750. The summed E-state index contributed by atoms with van der Waals surface area (Å²) in [6, 6.07) is -0.000555. The van der Waals surface area contributed by atoms with Gasteiger partial charge in [-0.15, -0.1) is 0 Å². The number of carbonyl (C=O) groups is 2. The van der Waals surface area contributed by atoms with Crippen molar-refractivity contribution in [1.82, 2.24) is 20.0 Å². The van der Waals surface area contributed by atoms with Crippen LogP contribution in [0.5, 0.6) is 0 Å². The van der Waals surface area contributed by atoms with Crippen molar-refractivity contribution < 1.29 is 9.59 Å². The molecule has 1 aromatic rings. The van der Waals surface area contributed by atoms with Gasteiger partial charge in [-0.25, -0.2) is 0 Å². The number of hydrogen-bond donors (Lipinski definition) is 1. The van der Waals surface area contributed by atoms with E-state index in [-0.39, 0.29) is 23.8 Å². The summed E-state index contributed by atoms with van der Waals surface area (Å²) in [4.78, 5) is 29.4. The molecule has 2 fully saturated rings. The highest BCUT2D eigenvalue weighted by atomic mass is 16.2. The van der Waals surface area contributed by atoms with Crippen LogP contribution in [0, 0.1) is 25.7 Å². The standard InChI is InChI=1S/C20H32N4O2/c1-13-18(14(2)22-21-13)15(3)23(4)19(25)17-9-11-24(12-10-17)20(26)16-7-5-6-8-16/h15-17H,5-12H2,1-4H3,(H,21,22)/t15-/m0/s1. The minimum atomic E-state index is -0.000555. The third-order valence-electron chi connectivity index (χ3n) is 6.39. The Morgan fingerprint density at radius 3 is 2.27 bits per heavy atom. The van der Waals surface area contributed by atoms with Gasteiger partial charge in [0.25, 0.3) is 0 Å². The van der Waals surface area contributed by atoms with Crippen molar-refractivity contribution >= 4 is 11.8 Å². The first-order valence-electron chi connectivity index (χ1n) is 9.97. The van der Waals surface area contributed by atoms with Crippen LogP contribution in [0.25, 0.3) is 0 Å². The number of rotatable bonds is 4. The Kier molecular flexibility index (Phi) is 5.68. The Morgan fingerprint density at radius 2 is 1.73 bits per heavy atom. The van der Waals surface area contributed by atoms with Gasteiger partial charge in [-0.2, -0.15) is 5.10 Å². The van der Waals surface area contributed by atoms with Gasteiger partial charge in [-0.3, -0.25) is 14.7 Å². The third-order valence-corrected chi connectivity index (χ3v) is 6.39. The molecule has 3 rings (SSSR count). The summed E-state index contributed by atoms with van der Waals surface area (Å²) in [5.74, 6) is 0.754. The number of aromatic amines is 1. The van der Waals surface area contributed by atoms with Crippen LogP contribution < -0.4 is 0 Å². The minimum Gasteiger partial charge on any atom is -0.342 e. The number of nitrogens with zero attached hydrogens (tertiary/aromatic N) is 3. The fourth-order valence-electron chi connectivity index (χ4n) is 4.63. The van der Waals surface area contributed by atoms with Crippen LogP contribution in [0.3, 0.4) is 0 Å². The molecular weight excluding hydrogens is 328 g/mol. The average molecular weight is 361 g/mol. The summed E-state index contributed by atoms with van der Waals surface area (Å²) in [5, 5.41) is 7.26. The van der Waals surface area contributed by atoms with Crippen LogP contribution in [-0.4, -0.2) is 51.9 Å². The van der Waals surface area contributed by atoms with E-state index in [0.29, 0.717) is 5.91 Å². The number of H-pyrrole nitrogens is 1. The van der Waals surface area contributed by atoms with E-state index in [1.165, 1.54) is 12.8 Å². The van der Waals surface area contributed by atoms with E-state index in [1.807, 2.05) is 30.7 Å². The smallest absolute Gasteiger partial charge is 0.226 e. The summed E-state index contributed by atoms with van der Waals surface area (Å²) in [6.07, 6.45) is 6.00. The number of piperidine rings is 1. The van der Waals surface area contributed by atoms with E-state index in [2.05, 4.69) is 17.1 Å². The highest BCUT2D eigenvalue weighted by molar-refractivity contribution is 5.81. The SMILES string of the molecule is Cc1n[nH]c(C)c1[C@H](C)N(C)C(=O)C1CCN(C(=O)C2CCCC2)CC1. The molecule has 0 radical (unpaired) electrons. The molecule has 1 aliphatic heterocycles. The molecule has 0 spiro atoms. The van der Waals surface area contributed by atoms with Crippen molar-refractivity contribution in [2.45, 2.75) is 65.3 Å². The van der Waals surface area contributed by atoms with E-state index in [4.69, 9.17) is 0 Å². The molecule has 6 heteroatoms. The van der Waals surface area contributed by atoms with Gasteiger partial charge in [-0.05, 0) is 46.5 Å². The quantitative estimate of drug-likeness (QED) is 0.897. The molecule has 0 unspecified atom stereocenters. The van der Waals surface area contributed by atoms with Crippen LogP contribution in [0.15, 0.2) is 0 Å². The molecule has 1 saturated heterocycles. The molecule has 1 atom stereocenters. The maximum atomic E-state index is 13.0. The Labute approximate surface area is 156 Å². The van der Waals surface area contributed by atoms with Gasteiger partial charge in [-0.1, -0.05) is 12.8 Å². The highest BCUT2D eigenvalue weighted by Gasteiger charge is 2.34. The maximum Gasteiger partial charge on any atom is 0.226 e. The van der Waals surface area contributed by atoms with Crippen LogP contribution in [0.1, 0.15) is 68.4 Å². The van der Waals surface area contributed by atoms with Gasteiger partial charge in [0.1, 0.15) is 0 Å². The van der Waals surface area contributed by atoms with E-state index in [0.717, 1.165) is 55.7 Å². The predicted molar refractivity (Wildman–Crippen MR) is 101 cm³/mol. The lowest BCUT2D eigenvalue weighted by atomic mass is 9.93. The molecule has 26 heavy (non-hydrogen) atoms. The topological polar surface area (TPSA) is 69.3 Å². The van der Waals surface area contributed by atoms with E-state index in [9.17, 15) is 9.59 Å². The number of nitrogens with one attached hydrogen (secondary N) is 1. The molecule has 6 nitrogen and oxygen atoms in total. The third kappa shape index (κ3) is 3.64. The molecule has 144 valence electrons. The lowest BCUT2D eigenvalue weighted by molar-refractivity contribution is -0.142. The largest absolute Gasteiger partial charge is 0.342 e. The zero-order valence-electron chi connectivity index (χ0n) is 16.5. The van der Waals surface area contributed by atoms with Crippen LogP contribution in [0.2, 0.25) is 0 Å². The molecule has 1 aliphatic carbocycles. The van der Waals surface area contributed by atoms with Gasteiger partial charge in [0.2, 0.25) is 11.8 Å². The van der Waals surface area contributed by atoms with Crippen molar-refractivity contribution in [1.29, 1.82) is 0 Å². The van der Waals surface area contributed by atoms with Crippen LogP contribution in [-0.2, 0) is 9.59 Å². The van der Waals surface area contributed by atoms with Crippen molar-refractivity contribution in [3.8, 4) is 0 Å². The first-order valence-corrected chi connectivity index (χ1v) is 9.97.